The number of hydrogen-bond acceptors (Lipinski definition) is 6. The van der Waals surface area contributed by atoms with Crippen LogP contribution in [0.3, 0.4) is 0 Å². The topological polar surface area (TPSA) is 103 Å². The van der Waals surface area contributed by atoms with E-state index in [9.17, 15) is 14.4 Å². The van der Waals surface area contributed by atoms with Crippen molar-refractivity contribution in [1.82, 2.24) is 5.32 Å². The molecule has 8 nitrogen and oxygen atoms in total. The van der Waals surface area contributed by atoms with Crippen molar-refractivity contribution in [2.45, 2.75) is 77.4 Å². The van der Waals surface area contributed by atoms with Crippen LogP contribution in [0.25, 0.3) is 0 Å². The van der Waals surface area contributed by atoms with Gasteiger partial charge in [-0.05, 0) is 38.5 Å². The number of rotatable bonds is 8. The summed E-state index contributed by atoms with van der Waals surface area (Å²) < 4.78 is 16.2. The molecule has 0 radical (unpaired) electrons. The van der Waals surface area contributed by atoms with E-state index < -0.39 is 12.1 Å². The summed E-state index contributed by atoms with van der Waals surface area (Å²) in [5.74, 6) is -0.135. The Bertz CT molecular complexity index is 865. The van der Waals surface area contributed by atoms with Gasteiger partial charge < -0.3 is 24.8 Å². The molecule has 3 unspecified atom stereocenters. The Kier molecular flexibility index (Phi) is 8.58. The molecule has 2 saturated carbocycles. The largest absolute Gasteiger partial charge is 0.493 e. The average molecular weight is 461 g/mol. The summed E-state index contributed by atoms with van der Waals surface area (Å²) in [5.41, 5.74) is 0.396. The van der Waals surface area contributed by atoms with Gasteiger partial charge in [0.25, 0.3) is 5.91 Å². The van der Waals surface area contributed by atoms with E-state index in [0.29, 0.717) is 17.4 Å². The molecule has 0 aliphatic heterocycles. The number of amides is 2. The second-order valence-corrected chi connectivity index (χ2v) is 9.15. The Labute approximate surface area is 195 Å². The molecule has 2 aliphatic rings. The number of hydrogen-bond donors (Lipinski definition) is 2. The first-order chi connectivity index (χ1) is 15.8. The Morgan fingerprint density at radius 1 is 0.939 bits per heavy atom. The summed E-state index contributed by atoms with van der Waals surface area (Å²) in [6, 6.07) is 3.12. The van der Waals surface area contributed by atoms with E-state index in [2.05, 4.69) is 17.6 Å². The first kappa shape index (κ1) is 24.9. The van der Waals surface area contributed by atoms with Crippen LogP contribution in [0.4, 0.5) is 5.69 Å². The predicted molar refractivity (Wildman–Crippen MR) is 125 cm³/mol. The SMILES string of the molecule is COc1cc(NC(=O)C2CCCC2)c(C(=O)OC(C)C(=O)NC2CCCCC2C)cc1OC. The molecule has 0 saturated heterocycles. The zero-order valence-corrected chi connectivity index (χ0v) is 20.1. The first-order valence-corrected chi connectivity index (χ1v) is 11.9. The van der Waals surface area contributed by atoms with Crippen LogP contribution in [0, 0.1) is 11.8 Å². The van der Waals surface area contributed by atoms with Crippen molar-refractivity contribution in [2.24, 2.45) is 11.8 Å². The Morgan fingerprint density at radius 3 is 2.18 bits per heavy atom. The van der Waals surface area contributed by atoms with Crippen molar-refractivity contribution in [3.05, 3.63) is 17.7 Å². The molecule has 2 aliphatic carbocycles. The van der Waals surface area contributed by atoms with Crippen molar-refractivity contribution >= 4 is 23.5 Å². The van der Waals surface area contributed by atoms with E-state index in [-0.39, 0.29) is 35.0 Å². The second kappa shape index (κ2) is 11.4. The van der Waals surface area contributed by atoms with Gasteiger partial charge in [-0.15, -0.1) is 0 Å². The standard InChI is InChI=1S/C25H36N2O6/c1-15-9-5-8-12-19(15)26-23(28)16(2)33-25(30)18-13-21(31-3)22(32-4)14-20(18)27-24(29)17-10-6-7-11-17/h13-17,19H,5-12H2,1-4H3,(H,26,28)(H,27,29). The van der Waals surface area contributed by atoms with Gasteiger partial charge in [0.2, 0.25) is 5.91 Å². The van der Waals surface area contributed by atoms with Crippen molar-refractivity contribution in [1.29, 1.82) is 0 Å². The Hall–Kier alpha value is -2.77. The van der Waals surface area contributed by atoms with Crippen molar-refractivity contribution in [3.8, 4) is 11.5 Å². The first-order valence-electron chi connectivity index (χ1n) is 11.9. The molecule has 33 heavy (non-hydrogen) atoms. The van der Waals surface area contributed by atoms with Crippen LogP contribution in [0.1, 0.15) is 75.6 Å². The van der Waals surface area contributed by atoms with Crippen LogP contribution in [0.2, 0.25) is 0 Å². The number of nitrogens with one attached hydrogen (secondary N) is 2. The molecular formula is C25H36N2O6. The third kappa shape index (κ3) is 6.18. The predicted octanol–water partition coefficient (Wildman–Crippen LogP) is 4.07. The van der Waals surface area contributed by atoms with Gasteiger partial charge in [0, 0.05) is 24.1 Å². The normalized spacial score (nSPS) is 21.7. The van der Waals surface area contributed by atoms with Crippen molar-refractivity contribution in [2.75, 3.05) is 19.5 Å². The highest BCUT2D eigenvalue weighted by atomic mass is 16.5. The fourth-order valence-corrected chi connectivity index (χ4v) is 4.68. The van der Waals surface area contributed by atoms with E-state index in [4.69, 9.17) is 14.2 Å². The number of anilines is 1. The molecule has 2 N–H and O–H groups in total. The molecule has 8 heteroatoms. The van der Waals surface area contributed by atoms with Gasteiger partial charge in [0.05, 0.1) is 25.5 Å². The number of esters is 1. The van der Waals surface area contributed by atoms with E-state index in [1.54, 1.807) is 13.0 Å². The average Bonchev–Trinajstić information content (AvgIpc) is 3.35. The van der Waals surface area contributed by atoms with Crippen molar-refractivity contribution in [3.63, 3.8) is 0 Å². The third-order valence-electron chi connectivity index (χ3n) is 6.82. The number of methoxy groups -OCH3 is 2. The minimum absolute atomic E-state index is 0.0795. The minimum Gasteiger partial charge on any atom is -0.493 e. The van der Waals surface area contributed by atoms with Crippen LogP contribution in [0.5, 0.6) is 11.5 Å². The summed E-state index contributed by atoms with van der Waals surface area (Å²) in [6.07, 6.45) is 6.99. The Morgan fingerprint density at radius 2 is 1.55 bits per heavy atom. The molecule has 0 bridgehead atoms. The van der Waals surface area contributed by atoms with Crippen molar-refractivity contribution < 1.29 is 28.6 Å². The lowest BCUT2D eigenvalue weighted by Gasteiger charge is -2.30. The molecule has 0 heterocycles. The lowest BCUT2D eigenvalue weighted by atomic mass is 9.86. The summed E-state index contributed by atoms with van der Waals surface area (Å²) >= 11 is 0. The smallest absolute Gasteiger partial charge is 0.341 e. The zero-order chi connectivity index (χ0) is 24.0. The number of carbonyl (C=O) groups excluding carboxylic acids is 3. The molecule has 2 amide bonds. The molecule has 3 rings (SSSR count). The lowest BCUT2D eigenvalue weighted by molar-refractivity contribution is -0.130. The quantitative estimate of drug-likeness (QED) is 0.567. The van der Waals surface area contributed by atoms with Crippen LogP contribution in [-0.4, -0.2) is 44.1 Å². The van der Waals surface area contributed by atoms with Gasteiger partial charge in [0.15, 0.2) is 17.6 Å². The van der Waals surface area contributed by atoms with Gasteiger partial charge in [-0.3, -0.25) is 9.59 Å². The fourth-order valence-electron chi connectivity index (χ4n) is 4.68. The van der Waals surface area contributed by atoms with E-state index in [1.807, 2.05) is 0 Å². The number of carbonyl (C=O) groups is 3. The number of ether oxygens (including phenoxy) is 3. The van der Waals surface area contributed by atoms with Gasteiger partial charge in [0.1, 0.15) is 0 Å². The van der Waals surface area contributed by atoms with E-state index in [1.165, 1.54) is 26.7 Å². The molecule has 0 aromatic heterocycles. The highest BCUT2D eigenvalue weighted by Gasteiger charge is 2.29. The summed E-state index contributed by atoms with van der Waals surface area (Å²) in [5, 5.41) is 5.88. The minimum atomic E-state index is -0.974. The van der Waals surface area contributed by atoms with E-state index >= 15 is 0 Å². The van der Waals surface area contributed by atoms with Gasteiger partial charge in [-0.1, -0.05) is 32.6 Å². The number of benzene rings is 1. The highest BCUT2D eigenvalue weighted by molar-refractivity contribution is 6.03. The molecule has 1 aromatic rings. The Balaban J connectivity index is 1.75. The van der Waals surface area contributed by atoms with Crippen LogP contribution >= 0.6 is 0 Å². The van der Waals surface area contributed by atoms with Gasteiger partial charge in [-0.2, -0.15) is 0 Å². The highest BCUT2D eigenvalue weighted by Crippen LogP contribution is 2.35. The van der Waals surface area contributed by atoms with Crippen LogP contribution in [0.15, 0.2) is 12.1 Å². The van der Waals surface area contributed by atoms with Gasteiger partial charge >= 0.3 is 5.97 Å². The summed E-state index contributed by atoms with van der Waals surface area (Å²) in [7, 11) is 2.95. The molecule has 0 spiro atoms. The maximum absolute atomic E-state index is 13.1. The summed E-state index contributed by atoms with van der Waals surface area (Å²) in [4.78, 5) is 38.5. The molecule has 182 valence electrons. The van der Waals surface area contributed by atoms with E-state index in [0.717, 1.165) is 44.9 Å². The second-order valence-electron chi connectivity index (χ2n) is 9.15. The zero-order valence-electron chi connectivity index (χ0n) is 20.1. The molecule has 2 fully saturated rings. The maximum atomic E-state index is 13.1. The summed E-state index contributed by atoms with van der Waals surface area (Å²) in [6.45, 7) is 3.68. The van der Waals surface area contributed by atoms with Crippen LogP contribution in [-0.2, 0) is 14.3 Å². The van der Waals surface area contributed by atoms with Crippen LogP contribution < -0.4 is 20.1 Å². The molecule has 3 atom stereocenters. The third-order valence-corrected chi connectivity index (χ3v) is 6.82. The monoisotopic (exact) mass is 460 g/mol. The maximum Gasteiger partial charge on any atom is 0.341 e. The molecule has 1 aromatic carbocycles. The van der Waals surface area contributed by atoms with Gasteiger partial charge in [-0.25, -0.2) is 4.79 Å². The lowest BCUT2D eigenvalue weighted by Crippen LogP contribution is -2.46. The fraction of sp³-hybridized carbons (Fsp3) is 0.640. The molecular weight excluding hydrogens is 424 g/mol.